The van der Waals surface area contributed by atoms with E-state index in [0.29, 0.717) is 25.0 Å². The van der Waals surface area contributed by atoms with E-state index in [2.05, 4.69) is 17.1 Å². The molecule has 3 fully saturated rings. The summed E-state index contributed by atoms with van der Waals surface area (Å²) in [5.41, 5.74) is 1.02. The molecule has 1 aliphatic carbocycles. The number of piperazine rings is 1. The molecule has 0 aromatic heterocycles. The standard InChI is InChI=1S/C20H30FN3O2S/c1-15-14-22-9-12-24(15)20(17-3-2-4-18(21)13-17)16-7-10-23(11-8-16)27(25,26)19-5-6-19/h2-4,13,15-16,19-20,22H,5-12,14H2,1H3. The highest BCUT2D eigenvalue weighted by Crippen LogP contribution is 2.39. The number of nitrogens with one attached hydrogen (secondary N) is 1. The Kier molecular flexibility index (Phi) is 5.56. The van der Waals surface area contributed by atoms with Gasteiger partial charge in [-0.05, 0) is 56.2 Å². The SMILES string of the molecule is CC1CNCCN1C(c1cccc(F)c1)C1CCN(S(=O)(=O)C2CC2)CC1. The highest BCUT2D eigenvalue weighted by atomic mass is 32.2. The predicted molar refractivity (Wildman–Crippen MR) is 104 cm³/mol. The van der Waals surface area contributed by atoms with Gasteiger partial charge in [-0.1, -0.05) is 12.1 Å². The van der Waals surface area contributed by atoms with Gasteiger partial charge in [0.25, 0.3) is 0 Å². The number of nitrogens with zero attached hydrogens (tertiary/aromatic N) is 2. The molecule has 2 unspecified atom stereocenters. The largest absolute Gasteiger partial charge is 0.314 e. The van der Waals surface area contributed by atoms with Gasteiger partial charge >= 0.3 is 0 Å². The molecule has 2 saturated heterocycles. The topological polar surface area (TPSA) is 52.6 Å². The van der Waals surface area contributed by atoms with Crippen molar-refractivity contribution in [3.63, 3.8) is 0 Å². The number of benzene rings is 1. The van der Waals surface area contributed by atoms with Crippen LogP contribution in [0.5, 0.6) is 0 Å². The van der Waals surface area contributed by atoms with Crippen LogP contribution in [-0.2, 0) is 10.0 Å². The Balaban J connectivity index is 1.54. The lowest BCUT2D eigenvalue weighted by Gasteiger charge is -2.45. The van der Waals surface area contributed by atoms with Crippen LogP contribution < -0.4 is 5.32 Å². The second kappa shape index (κ2) is 7.78. The zero-order valence-electron chi connectivity index (χ0n) is 16.0. The third kappa shape index (κ3) is 4.06. The van der Waals surface area contributed by atoms with Gasteiger partial charge in [-0.15, -0.1) is 0 Å². The first-order valence-electron chi connectivity index (χ1n) is 10.2. The van der Waals surface area contributed by atoms with Gasteiger partial charge < -0.3 is 5.32 Å². The van der Waals surface area contributed by atoms with Crippen molar-refractivity contribution in [3.8, 4) is 0 Å². The van der Waals surface area contributed by atoms with E-state index < -0.39 is 10.0 Å². The molecule has 7 heteroatoms. The number of sulfonamides is 1. The Bertz CT molecular complexity index is 760. The molecule has 5 nitrogen and oxygen atoms in total. The maximum absolute atomic E-state index is 14.0. The van der Waals surface area contributed by atoms with Crippen molar-refractivity contribution in [1.29, 1.82) is 0 Å². The summed E-state index contributed by atoms with van der Waals surface area (Å²) < 4.78 is 40.8. The first kappa shape index (κ1) is 19.3. The van der Waals surface area contributed by atoms with Crippen LogP contribution in [0, 0.1) is 11.7 Å². The van der Waals surface area contributed by atoms with Gasteiger partial charge in [0, 0.05) is 44.8 Å². The maximum atomic E-state index is 14.0. The van der Waals surface area contributed by atoms with E-state index in [1.165, 1.54) is 6.07 Å². The lowest BCUT2D eigenvalue weighted by Crippen LogP contribution is -2.53. The Morgan fingerprint density at radius 1 is 1.15 bits per heavy atom. The van der Waals surface area contributed by atoms with Crippen molar-refractivity contribution in [3.05, 3.63) is 35.6 Å². The molecule has 4 rings (SSSR count). The second-order valence-electron chi connectivity index (χ2n) is 8.27. The van der Waals surface area contributed by atoms with Crippen molar-refractivity contribution in [1.82, 2.24) is 14.5 Å². The fourth-order valence-electron chi connectivity index (χ4n) is 4.72. The average molecular weight is 396 g/mol. The number of piperidine rings is 1. The molecule has 0 bridgehead atoms. The molecule has 2 atom stereocenters. The molecule has 2 heterocycles. The monoisotopic (exact) mass is 395 g/mol. The van der Waals surface area contributed by atoms with E-state index in [1.807, 2.05) is 6.07 Å². The second-order valence-corrected chi connectivity index (χ2v) is 10.5. The van der Waals surface area contributed by atoms with Crippen LogP contribution in [0.3, 0.4) is 0 Å². The minimum Gasteiger partial charge on any atom is -0.314 e. The highest BCUT2D eigenvalue weighted by Gasteiger charge is 2.43. The molecule has 2 aliphatic heterocycles. The fraction of sp³-hybridized carbons (Fsp3) is 0.700. The van der Waals surface area contributed by atoms with E-state index >= 15 is 0 Å². The molecule has 0 radical (unpaired) electrons. The van der Waals surface area contributed by atoms with E-state index in [-0.39, 0.29) is 17.1 Å². The summed E-state index contributed by atoms with van der Waals surface area (Å²) in [5, 5.41) is 3.29. The third-order valence-corrected chi connectivity index (χ3v) is 8.75. The first-order chi connectivity index (χ1) is 13.0. The minimum atomic E-state index is -3.10. The number of rotatable bonds is 5. The van der Waals surface area contributed by atoms with E-state index in [0.717, 1.165) is 50.9 Å². The van der Waals surface area contributed by atoms with Gasteiger partial charge in [0.2, 0.25) is 10.0 Å². The van der Waals surface area contributed by atoms with Crippen LogP contribution in [0.4, 0.5) is 4.39 Å². The molecule has 1 aromatic rings. The van der Waals surface area contributed by atoms with Crippen LogP contribution >= 0.6 is 0 Å². The summed E-state index contributed by atoms with van der Waals surface area (Å²) >= 11 is 0. The highest BCUT2D eigenvalue weighted by molar-refractivity contribution is 7.90. The van der Waals surface area contributed by atoms with Gasteiger partial charge in [0.1, 0.15) is 5.82 Å². The number of hydrogen-bond acceptors (Lipinski definition) is 4. The van der Waals surface area contributed by atoms with Gasteiger partial charge in [0.05, 0.1) is 5.25 Å². The van der Waals surface area contributed by atoms with E-state index in [1.54, 1.807) is 16.4 Å². The molecule has 1 N–H and O–H groups in total. The minimum absolute atomic E-state index is 0.138. The molecule has 1 aromatic carbocycles. The van der Waals surface area contributed by atoms with Crippen LogP contribution in [0.25, 0.3) is 0 Å². The normalized spacial score (nSPS) is 27.6. The summed E-state index contributed by atoms with van der Waals surface area (Å²) in [4.78, 5) is 2.49. The summed E-state index contributed by atoms with van der Waals surface area (Å²) in [6, 6.07) is 7.48. The Morgan fingerprint density at radius 3 is 2.52 bits per heavy atom. The number of hydrogen-bond donors (Lipinski definition) is 1. The molecule has 150 valence electrons. The summed E-state index contributed by atoms with van der Waals surface area (Å²) in [6.45, 7) is 6.20. The zero-order valence-corrected chi connectivity index (χ0v) is 16.8. The van der Waals surface area contributed by atoms with Crippen molar-refractivity contribution < 1.29 is 12.8 Å². The molecular weight excluding hydrogens is 365 g/mol. The van der Waals surface area contributed by atoms with Crippen molar-refractivity contribution in [2.24, 2.45) is 5.92 Å². The fourth-order valence-corrected chi connectivity index (χ4v) is 6.59. The third-order valence-electron chi connectivity index (χ3n) is 6.35. The van der Waals surface area contributed by atoms with Crippen LogP contribution in [0.2, 0.25) is 0 Å². The van der Waals surface area contributed by atoms with Gasteiger partial charge in [-0.25, -0.2) is 17.1 Å². The lowest BCUT2D eigenvalue weighted by molar-refractivity contribution is 0.0581. The Hall–Kier alpha value is -1.02. The average Bonchev–Trinajstić information content (AvgIpc) is 3.50. The summed E-state index contributed by atoms with van der Waals surface area (Å²) in [6.07, 6.45) is 3.30. The maximum Gasteiger partial charge on any atom is 0.216 e. The van der Waals surface area contributed by atoms with Crippen molar-refractivity contribution in [2.45, 2.75) is 49.9 Å². The number of halogens is 1. The molecular formula is C20H30FN3O2S. The zero-order chi connectivity index (χ0) is 19.0. The summed E-state index contributed by atoms with van der Waals surface area (Å²) in [7, 11) is -3.10. The quantitative estimate of drug-likeness (QED) is 0.832. The smallest absolute Gasteiger partial charge is 0.216 e. The van der Waals surface area contributed by atoms with Crippen LogP contribution in [0.15, 0.2) is 24.3 Å². The van der Waals surface area contributed by atoms with Crippen LogP contribution in [-0.4, -0.2) is 61.6 Å². The van der Waals surface area contributed by atoms with Gasteiger partial charge in [-0.2, -0.15) is 0 Å². The molecule has 27 heavy (non-hydrogen) atoms. The van der Waals surface area contributed by atoms with E-state index in [4.69, 9.17) is 0 Å². The predicted octanol–water partition coefficient (Wildman–Crippen LogP) is 2.36. The lowest BCUT2D eigenvalue weighted by atomic mass is 9.84. The molecule has 0 amide bonds. The molecule has 3 aliphatic rings. The molecule has 0 spiro atoms. The van der Waals surface area contributed by atoms with Gasteiger partial charge in [-0.3, -0.25) is 4.90 Å². The van der Waals surface area contributed by atoms with Crippen molar-refractivity contribution >= 4 is 10.0 Å². The van der Waals surface area contributed by atoms with E-state index in [9.17, 15) is 12.8 Å². The summed E-state index contributed by atoms with van der Waals surface area (Å²) in [5.74, 6) is 0.145. The Labute approximate surface area is 162 Å². The molecule has 1 saturated carbocycles. The van der Waals surface area contributed by atoms with Crippen molar-refractivity contribution in [2.75, 3.05) is 32.7 Å². The first-order valence-corrected chi connectivity index (χ1v) is 11.7. The van der Waals surface area contributed by atoms with Crippen LogP contribution in [0.1, 0.15) is 44.2 Å². The Morgan fingerprint density at radius 2 is 1.89 bits per heavy atom. The van der Waals surface area contributed by atoms with Gasteiger partial charge in [0.15, 0.2) is 0 Å².